The van der Waals surface area contributed by atoms with Gasteiger partial charge in [0.1, 0.15) is 6.04 Å². The van der Waals surface area contributed by atoms with Crippen LogP contribution in [0.3, 0.4) is 0 Å². The van der Waals surface area contributed by atoms with Crippen molar-refractivity contribution in [1.29, 1.82) is 0 Å². The summed E-state index contributed by atoms with van der Waals surface area (Å²) in [6.45, 7) is 1.03. The van der Waals surface area contributed by atoms with E-state index in [1.165, 1.54) is 0 Å². The summed E-state index contributed by atoms with van der Waals surface area (Å²) < 4.78 is 5.33. The van der Waals surface area contributed by atoms with Crippen molar-refractivity contribution in [1.82, 2.24) is 5.32 Å². The van der Waals surface area contributed by atoms with Crippen LogP contribution in [-0.2, 0) is 9.53 Å². The Hall–Kier alpha value is -0.625. The van der Waals surface area contributed by atoms with Gasteiger partial charge in [-0.05, 0) is 12.7 Å². The number of nitrogens with one attached hydrogen (secondary N) is 1. The molecule has 7 heteroatoms. The molecule has 0 aromatic carbocycles. The monoisotopic (exact) mass is 217 g/mol. The molecule has 1 fully saturated rings. The normalized spacial score (nSPS) is 26.3. The molecule has 1 aliphatic rings. The number of hydrogen-bond acceptors (Lipinski definition) is 5. The second-order valence-corrected chi connectivity index (χ2v) is 3.59. The van der Waals surface area contributed by atoms with Crippen molar-refractivity contribution in [3.8, 4) is 0 Å². The summed E-state index contributed by atoms with van der Waals surface area (Å²) in [4.78, 5) is 10.8. The van der Waals surface area contributed by atoms with Crippen LogP contribution in [0, 0.1) is 0 Å². The average Bonchev–Trinajstić information content (AvgIpc) is 2.17. The van der Waals surface area contributed by atoms with Gasteiger partial charge < -0.3 is 19.9 Å². The Morgan fingerprint density at radius 1 is 1.53 bits per heavy atom. The molecule has 0 spiro atoms. The molecule has 0 radical (unpaired) electrons. The van der Waals surface area contributed by atoms with E-state index in [1.807, 2.05) is 0 Å². The first-order chi connectivity index (χ1) is 7.11. The Morgan fingerprint density at radius 2 is 2.27 bits per heavy atom. The van der Waals surface area contributed by atoms with Gasteiger partial charge in [-0.25, -0.2) is 0 Å². The maximum absolute atomic E-state index is 10.8. The van der Waals surface area contributed by atoms with Crippen LogP contribution in [-0.4, -0.2) is 53.5 Å². The summed E-state index contributed by atoms with van der Waals surface area (Å²) in [6, 6.07) is -0.686. The van der Waals surface area contributed by atoms with Crippen molar-refractivity contribution in [2.45, 2.75) is 31.3 Å². The number of carboxylic acids is 1. The zero-order valence-corrected chi connectivity index (χ0v) is 8.43. The van der Waals surface area contributed by atoms with Gasteiger partial charge in [0.25, 0.3) is 0 Å². The molecule has 1 aliphatic heterocycles. The van der Waals surface area contributed by atoms with E-state index < -0.39 is 19.1 Å². The SMILES string of the molecule is O=C(O)C1NCCOC1CCCB(O)O. The van der Waals surface area contributed by atoms with E-state index in [9.17, 15) is 4.79 Å². The number of rotatable bonds is 5. The third-order valence-corrected chi connectivity index (χ3v) is 2.39. The van der Waals surface area contributed by atoms with E-state index in [0.29, 0.717) is 26.0 Å². The number of morpholine rings is 1. The summed E-state index contributed by atoms with van der Waals surface area (Å²) >= 11 is 0. The van der Waals surface area contributed by atoms with Gasteiger partial charge >= 0.3 is 13.1 Å². The maximum Gasteiger partial charge on any atom is 0.451 e. The van der Waals surface area contributed by atoms with Crippen molar-refractivity contribution in [2.24, 2.45) is 0 Å². The van der Waals surface area contributed by atoms with Crippen LogP contribution in [0.1, 0.15) is 12.8 Å². The molecule has 1 rings (SSSR count). The second-order valence-electron chi connectivity index (χ2n) is 3.59. The Balaban J connectivity index is 2.33. The lowest BCUT2D eigenvalue weighted by Crippen LogP contribution is -2.52. The maximum atomic E-state index is 10.8. The quantitative estimate of drug-likeness (QED) is 0.426. The Morgan fingerprint density at radius 3 is 2.87 bits per heavy atom. The lowest BCUT2D eigenvalue weighted by atomic mass is 9.83. The fourth-order valence-corrected chi connectivity index (χ4v) is 1.65. The van der Waals surface area contributed by atoms with Crippen molar-refractivity contribution in [2.75, 3.05) is 13.2 Å². The minimum atomic E-state index is -1.33. The summed E-state index contributed by atoms with van der Waals surface area (Å²) in [6.07, 6.45) is 0.914. The van der Waals surface area contributed by atoms with Gasteiger partial charge in [-0.15, -0.1) is 0 Å². The molecule has 0 saturated carbocycles. The van der Waals surface area contributed by atoms with Gasteiger partial charge in [-0.1, -0.05) is 6.42 Å². The van der Waals surface area contributed by atoms with Crippen LogP contribution in [0.5, 0.6) is 0 Å². The molecule has 0 amide bonds. The fraction of sp³-hybridized carbons (Fsp3) is 0.875. The van der Waals surface area contributed by atoms with Gasteiger partial charge in [0.2, 0.25) is 0 Å². The van der Waals surface area contributed by atoms with Gasteiger partial charge in [0.15, 0.2) is 0 Å². The highest BCUT2D eigenvalue weighted by molar-refractivity contribution is 6.40. The topological polar surface area (TPSA) is 99.0 Å². The highest BCUT2D eigenvalue weighted by Crippen LogP contribution is 2.13. The van der Waals surface area contributed by atoms with E-state index in [0.717, 1.165) is 0 Å². The molecule has 2 atom stereocenters. The minimum Gasteiger partial charge on any atom is -0.480 e. The summed E-state index contributed by atoms with van der Waals surface area (Å²) in [5.74, 6) is -0.927. The first kappa shape index (κ1) is 12.4. The van der Waals surface area contributed by atoms with Crippen LogP contribution in [0.4, 0.5) is 0 Å². The van der Waals surface area contributed by atoms with Crippen LogP contribution < -0.4 is 5.32 Å². The Labute approximate surface area is 88.4 Å². The third-order valence-electron chi connectivity index (χ3n) is 2.39. The molecule has 0 aliphatic carbocycles. The summed E-state index contributed by atoms with van der Waals surface area (Å²) in [5.41, 5.74) is 0. The van der Waals surface area contributed by atoms with Crippen molar-refractivity contribution >= 4 is 13.1 Å². The standard InChI is InChI=1S/C8H16BNO5/c11-8(12)7-6(15-5-4-10-7)2-1-3-9(13)14/h6-7,10,13-14H,1-5H2,(H,11,12). The van der Waals surface area contributed by atoms with E-state index in [1.54, 1.807) is 0 Å². The van der Waals surface area contributed by atoms with Crippen LogP contribution >= 0.6 is 0 Å². The molecule has 6 nitrogen and oxygen atoms in total. The number of ether oxygens (including phenoxy) is 1. The van der Waals surface area contributed by atoms with Crippen molar-refractivity contribution in [3.63, 3.8) is 0 Å². The highest BCUT2D eigenvalue weighted by atomic mass is 16.5. The van der Waals surface area contributed by atoms with Crippen LogP contribution in [0.25, 0.3) is 0 Å². The first-order valence-corrected chi connectivity index (χ1v) is 5.05. The van der Waals surface area contributed by atoms with Gasteiger partial charge in [0, 0.05) is 6.54 Å². The molecule has 0 aromatic rings. The lowest BCUT2D eigenvalue weighted by Gasteiger charge is -2.29. The molecule has 0 aromatic heterocycles. The Kier molecular flexibility index (Phi) is 5.03. The minimum absolute atomic E-state index is 0.242. The summed E-state index contributed by atoms with van der Waals surface area (Å²) in [7, 11) is -1.33. The first-order valence-electron chi connectivity index (χ1n) is 5.05. The predicted octanol–water partition coefficient (Wildman–Crippen LogP) is -1.32. The van der Waals surface area contributed by atoms with E-state index in [-0.39, 0.29) is 12.4 Å². The second kappa shape index (κ2) is 6.07. The smallest absolute Gasteiger partial charge is 0.451 e. The van der Waals surface area contributed by atoms with Gasteiger partial charge in [-0.2, -0.15) is 0 Å². The van der Waals surface area contributed by atoms with E-state index in [2.05, 4.69) is 5.32 Å². The molecule has 15 heavy (non-hydrogen) atoms. The molecule has 0 bridgehead atoms. The third kappa shape index (κ3) is 4.17. The lowest BCUT2D eigenvalue weighted by molar-refractivity contribution is -0.146. The van der Waals surface area contributed by atoms with E-state index >= 15 is 0 Å². The van der Waals surface area contributed by atoms with E-state index in [4.69, 9.17) is 19.9 Å². The predicted molar refractivity (Wildman–Crippen MR) is 53.4 cm³/mol. The fourth-order valence-electron chi connectivity index (χ4n) is 1.65. The Bertz CT molecular complexity index is 213. The van der Waals surface area contributed by atoms with Gasteiger partial charge in [-0.3, -0.25) is 10.1 Å². The molecule has 2 unspecified atom stereocenters. The number of carbonyl (C=O) groups is 1. The average molecular weight is 217 g/mol. The van der Waals surface area contributed by atoms with Crippen molar-refractivity contribution < 1.29 is 24.7 Å². The number of hydrogen-bond donors (Lipinski definition) is 4. The van der Waals surface area contributed by atoms with Crippen LogP contribution in [0.2, 0.25) is 6.32 Å². The molecule has 1 saturated heterocycles. The molecule has 1 heterocycles. The zero-order valence-electron chi connectivity index (χ0n) is 8.43. The largest absolute Gasteiger partial charge is 0.480 e. The van der Waals surface area contributed by atoms with Crippen molar-refractivity contribution in [3.05, 3.63) is 0 Å². The number of aliphatic carboxylic acids is 1. The molecule has 4 N–H and O–H groups in total. The number of carboxylic acid groups (broad SMARTS) is 1. The highest BCUT2D eigenvalue weighted by Gasteiger charge is 2.31. The van der Waals surface area contributed by atoms with Gasteiger partial charge in [0.05, 0.1) is 12.7 Å². The summed E-state index contributed by atoms with van der Waals surface area (Å²) in [5, 5.41) is 29.0. The molecular formula is C8H16BNO5. The molecular weight excluding hydrogens is 201 g/mol. The molecule has 86 valence electrons. The zero-order chi connectivity index (χ0) is 11.3. The van der Waals surface area contributed by atoms with Crippen LogP contribution in [0.15, 0.2) is 0 Å².